The average molecular weight is 225 g/mol. The first-order valence-electron chi connectivity index (χ1n) is 3.57. The zero-order valence-electron chi connectivity index (χ0n) is 7.12. The predicted octanol–water partition coefficient (Wildman–Crippen LogP) is 3.10. The number of carbonyl (C=O) groups is 1. The third kappa shape index (κ3) is 1.81. The lowest BCUT2D eigenvalue weighted by Crippen LogP contribution is -2.08. The number of halogens is 3. The molecule has 1 unspecified atom stereocenters. The molecule has 1 aliphatic heterocycles. The van der Waals surface area contributed by atoms with Crippen LogP contribution in [-0.4, -0.2) is 16.9 Å². The van der Waals surface area contributed by atoms with Crippen LogP contribution in [0.3, 0.4) is 0 Å². The second kappa shape index (κ2) is 3.37. The average Bonchev–Trinajstić information content (AvgIpc) is 2.47. The minimum absolute atomic E-state index is 0.560. The summed E-state index contributed by atoms with van der Waals surface area (Å²) in [5.41, 5.74) is -1.49. The molecular weight excluding hydrogens is 218 g/mol. The van der Waals surface area contributed by atoms with Crippen LogP contribution in [0.1, 0.15) is 6.92 Å². The van der Waals surface area contributed by atoms with Gasteiger partial charge < -0.3 is 0 Å². The van der Waals surface area contributed by atoms with Gasteiger partial charge in [0, 0.05) is 6.92 Å². The van der Waals surface area contributed by atoms with Crippen LogP contribution in [0.5, 0.6) is 0 Å². The van der Waals surface area contributed by atoms with Crippen molar-refractivity contribution in [3.8, 4) is 0 Å². The number of alkyl halides is 3. The lowest BCUT2D eigenvalue weighted by atomic mass is 10.3. The van der Waals surface area contributed by atoms with Gasteiger partial charge in [0.15, 0.2) is 5.52 Å². The number of nitrogens with zero attached hydrogens (tertiary/aromatic N) is 1. The lowest BCUT2D eigenvalue weighted by molar-refractivity contribution is -0.109. The van der Waals surface area contributed by atoms with Crippen LogP contribution in [0.15, 0.2) is 28.2 Å². The number of hydrogen-bond acceptors (Lipinski definition) is 2. The molecule has 0 saturated carbocycles. The summed E-state index contributed by atoms with van der Waals surface area (Å²) < 4.78 is 36.5. The van der Waals surface area contributed by atoms with Gasteiger partial charge in [-0.3, -0.25) is 10.0 Å². The SMILES string of the molecule is CC(=O)P1(=NO)C=CC(C(F)(F)F)=C1. The summed E-state index contributed by atoms with van der Waals surface area (Å²) in [7, 11) is -3.07. The van der Waals surface area contributed by atoms with Crippen molar-refractivity contribution in [1.82, 2.24) is 0 Å². The molecule has 0 aromatic rings. The van der Waals surface area contributed by atoms with Gasteiger partial charge in [-0.15, -0.1) is 4.91 Å². The summed E-state index contributed by atoms with van der Waals surface area (Å²) >= 11 is 0. The molecule has 1 rings (SSSR count). The number of hydrogen-bond donors (Lipinski definition) is 1. The molecule has 1 aliphatic rings. The van der Waals surface area contributed by atoms with E-state index in [1.54, 1.807) is 0 Å². The molecule has 1 atom stereocenters. The van der Waals surface area contributed by atoms with Gasteiger partial charge in [-0.25, -0.2) is 0 Å². The standard InChI is InChI=1S/C7H7F3NO2P/c1-5(12)14(11-13)3-2-6(4-14)7(8,9)10/h2-4,13H,1H3. The summed E-state index contributed by atoms with van der Waals surface area (Å²) in [5.74, 6) is 1.73. The van der Waals surface area contributed by atoms with Crippen LogP contribution in [0, 0.1) is 0 Å². The number of allylic oxidation sites excluding steroid dienone is 2. The number of rotatable bonds is 1. The smallest absolute Gasteiger partial charge is 0.292 e. The van der Waals surface area contributed by atoms with Gasteiger partial charge in [-0.1, -0.05) is 0 Å². The second-order valence-electron chi connectivity index (χ2n) is 2.74. The Bertz CT molecular complexity index is 381. The molecule has 1 heterocycles. The van der Waals surface area contributed by atoms with Crippen LogP contribution in [-0.2, 0) is 4.79 Å². The van der Waals surface area contributed by atoms with Crippen molar-refractivity contribution in [3.05, 3.63) is 23.3 Å². The van der Waals surface area contributed by atoms with Crippen molar-refractivity contribution < 1.29 is 23.2 Å². The van der Waals surface area contributed by atoms with E-state index in [1.807, 2.05) is 0 Å². The van der Waals surface area contributed by atoms with E-state index in [0.29, 0.717) is 5.82 Å². The maximum Gasteiger partial charge on any atom is 0.416 e. The van der Waals surface area contributed by atoms with E-state index in [1.165, 1.54) is 0 Å². The fraction of sp³-hybridized carbons (Fsp3) is 0.286. The molecule has 1 N–H and O–H groups in total. The second-order valence-corrected chi connectivity index (χ2v) is 5.59. The Kier molecular flexibility index (Phi) is 2.69. The molecule has 0 bridgehead atoms. The Balaban J connectivity index is 3.21. The molecule has 0 spiro atoms. The Hall–Kier alpha value is -0.870. The first-order chi connectivity index (χ1) is 6.32. The first-order valence-corrected chi connectivity index (χ1v) is 5.45. The Morgan fingerprint density at radius 1 is 1.57 bits per heavy atom. The van der Waals surface area contributed by atoms with E-state index < -0.39 is 24.3 Å². The zero-order valence-corrected chi connectivity index (χ0v) is 8.01. The van der Waals surface area contributed by atoms with Gasteiger partial charge in [0.25, 0.3) is 0 Å². The topological polar surface area (TPSA) is 49.7 Å². The first kappa shape index (κ1) is 11.2. The van der Waals surface area contributed by atoms with Gasteiger partial charge in [-0.05, 0) is 17.7 Å². The van der Waals surface area contributed by atoms with Crippen LogP contribution in [0.25, 0.3) is 0 Å². The van der Waals surface area contributed by atoms with Crippen molar-refractivity contribution in [1.29, 1.82) is 0 Å². The highest BCUT2D eigenvalue weighted by Crippen LogP contribution is 2.59. The zero-order chi connectivity index (χ0) is 11.0. The molecule has 0 radical (unpaired) electrons. The normalized spacial score (nSPS) is 26.2. The van der Waals surface area contributed by atoms with Crippen molar-refractivity contribution in [2.75, 3.05) is 0 Å². The summed E-state index contributed by atoms with van der Waals surface area (Å²) in [5, 5.41) is 8.56. The van der Waals surface area contributed by atoms with E-state index in [9.17, 15) is 18.0 Å². The van der Waals surface area contributed by atoms with Gasteiger partial charge in [0.2, 0.25) is 0 Å². The molecule has 14 heavy (non-hydrogen) atoms. The minimum Gasteiger partial charge on any atom is -0.292 e. The van der Waals surface area contributed by atoms with Crippen LogP contribution in [0.4, 0.5) is 13.2 Å². The van der Waals surface area contributed by atoms with Gasteiger partial charge in [-0.2, -0.15) is 13.2 Å². The highest BCUT2D eigenvalue weighted by atomic mass is 31.2. The maximum atomic E-state index is 12.2. The molecule has 0 aromatic heterocycles. The Morgan fingerprint density at radius 2 is 2.14 bits per heavy atom. The molecule has 0 aliphatic carbocycles. The summed E-state index contributed by atoms with van der Waals surface area (Å²) in [6.45, 7) is 1.10. The molecule has 0 saturated heterocycles. The third-order valence-corrected chi connectivity index (χ3v) is 4.38. The van der Waals surface area contributed by atoms with Crippen molar-refractivity contribution in [2.45, 2.75) is 13.1 Å². The van der Waals surface area contributed by atoms with Gasteiger partial charge in [0.1, 0.15) is 7.05 Å². The van der Waals surface area contributed by atoms with Crippen LogP contribution < -0.4 is 0 Å². The fourth-order valence-corrected chi connectivity index (χ4v) is 2.73. The monoisotopic (exact) mass is 225 g/mol. The molecule has 7 heteroatoms. The quantitative estimate of drug-likeness (QED) is 0.550. The van der Waals surface area contributed by atoms with Crippen LogP contribution in [0.2, 0.25) is 0 Å². The van der Waals surface area contributed by atoms with E-state index >= 15 is 0 Å². The van der Waals surface area contributed by atoms with Gasteiger partial charge >= 0.3 is 6.18 Å². The maximum absolute atomic E-state index is 12.2. The van der Waals surface area contributed by atoms with E-state index in [2.05, 4.69) is 4.91 Å². The Labute approximate surface area is 77.9 Å². The molecule has 78 valence electrons. The van der Waals surface area contributed by atoms with E-state index in [4.69, 9.17) is 5.21 Å². The largest absolute Gasteiger partial charge is 0.416 e. The summed E-state index contributed by atoms with van der Waals surface area (Å²) in [6, 6.07) is 0. The van der Waals surface area contributed by atoms with Crippen molar-refractivity contribution in [2.24, 2.45) is 4.91 Å². The Morgan fingerprint density at radius 3 is 2.36 bits per heavy atom. The van der Waals surface area contributed by atoms with Crippen LogP contribution >= 0.6 is 7.05 Å². The molecule has 3 nitrogen and oxygen atoms in total. The number of carbonyl (C=O) groups excluding carboxylic acids is 1. The molecule has 0 aromatic carbocycles. The highest BCUT2D eigenvalue weighted by Gasteiger charge is 2.38. The van der Waals surface area contributed by atoms with E-state index in [0.717, 1.165) is 18.8 Å². The third-order valence-electron chi connectivity index (χ3n) is 1.80. The molecule has 0 fully saturated rings. The summed E-state index contributed by atoms with van der Waals surface area (Å²) in [4.78, 5) is 13.8. The van der Waals surface area contributed by atoms with E-state index in [-0.39, 0.29) is 0 Å². The van der Waals surface area contributed by atoms with Gasteiger partial charge in [0.05, 0.1) is 5.57 Å². The molecular formula is C7H7F3NO2P. The minimum atomic E-state index is -4.50. The fourth-order valence-electron chi connectivity index (χ4n) is 0.974. The lowest BCUT2D eigenvalue weighted by Gasteiger charge is -2.07. The van der Waals surface area contributed by atoms with Crippen molar-refractivity contribution >= 4 is 12.6 Å². The van der Waals surface area contributed by atoms with Crippen molar-refractivity contribution in [3.63, 3.8) is 0 Å². The summed E-state index contributed by atoms with van der Waals surface area (Å²) in [6.07, 6.45) is -3.73. The predicted molar refractivity (Wildman–Crippen MR) is 45.1 cm³/mol. The highest BCUT2D eigenvalue weighted by molar-refractivity contribution is 7.87. The molecule has 0 amide bonds.